The molecular formula is C16H18F3N5. The highest BCUT2D eigenvalue weighted by atomic mass is 19.4. The van der Waals surface area contributed by atoms with Crippen molar-refractivity contribution in [1.82, 2.24) is 24.5 Å². The fourth-order valence-corrected chi connectivity index (χ4v) is 2.95. The van der Waals surface area contributed by atoms with E-state index in [1.165, 1.54) is 4.68 Å². The molecule has 3 aromatic heterocycles. The first-order chi connectivity index (χ1) is 11.3. The molecule has 0 bridgehead atoms. The quantitative estimate of drug-likeness (QED) is 0.726. The lowest BCUT2D eigenvalue weighted by molar-refractivity contribution is -0.136. The van der Waals surface area contributed by atoms with Gasteiger partial charge in [0.25, 0.3) is 0 Å². The van der Waals surface area contributed by atoms with Crippen LogP contribution in [0.3, 0.4) is 0 Å². The van der Waals surface area contributed by atoms with Crippen molar-refractivity contribution in [1.29, 1.82) is 0 Å². The Morgan fingerprint density at radius 1 is 1.08 bits per heavy atom. The zero-order valence-electron chi connectivity index (χ0n) is 13.9. The predicted molar refractivity (Wildman–Crippen MR) is 84.6 cm³/mol. The number of alkyl halides is 3. The van der Waals surface area contributed by atoms with Crippen LogP contribution in [-0.4, -0.2) is 24.5 Å². The van der Waals surface area contributed by atoms with Gasteiger partial charge >= 0.3 is 6.18 Å². The topological polar surface area (TPSA) is 48.5 Å². The van der Waals surface area contributed by atoms with Gasteiger partial charge in [0.05, 0.1) is 28.5 Å². The third kappa shape index (κ3) is 2.46. The van der Waals surface area contributed by atoms with Crippen LogP contribution < -0.4 is 0 Å². The maximum atomic E-state index is 13.6. The van der Waals surface area contributed by atoms with Gasteiger partial charge in [-0.05, 0) is 33.8 Å². The summed E-state index contributed by atoms with van der Waals surface area (Å²) in [6.07, 6.45) is -2.91. The third-order valence-corrected chi connectivity index (χ3v) is 4.16. The molecule has 0 spiro atoms. The average Bonchev–Trinajstić information content (AvgIpc) is 3.05. The summed E-state index contributed by atoms with van der Waals surface area (Å²) in [5.41, 5.74) is 1.54. The summed E-state index contributed by atoms with van der Waals surface area (Å²) < 4.78 is 44.0. The molecule has 0 fully saturated rings. The van der Waals surface area contributed by atoms with E-state index in [1.807, 2.05) is 20.8 Å². The number of nitrogens with zero attached hydrogens (tertiary/aromatic N) is 5. The normalized spacial score (nSPS) is 12.3. The highest BCUT2D eigenvalue weighted by molar-refractivity contribution is 5.86. The van der Waals surface area contributed by atoms with E-state index in [0.29, 0.717) is 24.3 Å². The number of rotatable bonds is 3. The minimum atomic E-state index is -4.48. The second-order valence-corrected chi connectivity index (χ2v) is 5.61. The fourth-order valence-electron chi connectivity index (χ4n) is 2.95. The highest BCUT2D eigenvalue weighted by Crippen LogP contribution is 2.38. The van der Waals surface area contributed by atoms with Crippen LogP contribution in [0, 0.1) is 13.8 Å². The lowest BCUT2D eigenvalue weighted by Gasteiger charge is -2.11. The standard InChI is InChI=1S/C16H18F3N5/c1-5-23-10(4)11(8-20-23)13-7-12(16(17,18)19)14-9(3)22-24(6-2)15(14)21-13/h7-8H,5-6H2,1-4H3. The molecule has 3 aromatic rings. The van der Waals surface area contributed by atoms with Crippen LogP contribution >= 0.6 is 0 Å². The van der Waals surface area contributed by atoms with Crippen molar-refractivity contribution in [3.8, 4) is 11.3 Å². The molecule has 24 heavy (non-hydrogen) atoms. The van der Waals surface area contributed by atoms with Crippen LogP contribution in [0.2, 0.25) is 0 Å². The molecule has 0 aromatic carbocycles. The van der Waals surface area contributed by atoms with Crippen molar-refractivity contribution in [3.05, 3.63) is 29.2 Å². The van der Waals surface area contributed by atoms with Crippen molar-refractivity contribution in [2.24, 2.45) is 0 Å². The van der Waals surface area contributed by atoms with E-state index in [0.717, 1.165) is 11.8 Å². The second kappa shape index (κ2) is 5.61. The number of halogens is 3. The lowest BCUT2D eigenvalue weighted by atomic mass is 10.1. The minimum Gasteiger partial charge on any atom is -0.269 e. The molecular weight excluding hydrogens is 319 g/mol. The van der Waals surface area contributed by atoms with Crippen molar-refractivity contribution in [3.63, 3.8) is 0 Å². The van der Waals surface area contributed by atoms with Gasteiger partial charge in [-0.3, -0.25) is 4.68 Å². The third-order valence-electron chi connectivity index (χ3n) is 4.16. The Balaban J connectivity index is 2.36. The van der Waals surface area contributed by atoms with Crippen LogP contribution in [0.15, 0.2) is 12.3 Å². The lowest BCUT2D eigenvalue weighted by Crippen LogP contribution is -2.08. The van der Waals surface area contributed by atoms with Crippen LogP contribution in [0.5, 0.6) is 0 Å². The van der Waals surface area contributed by atoms with Gasteiger partial charge in [-0.1, -0.05) is 0 Å². The van der Waals surface area contributed by atoms with Gasteiger partial charge in [0, 0.05) is 24.3 Å². The maximum absolute atomic E-state index is 13.6. The van der Waals surface area contributed by atoms with Crippen LogP contribution in [0.1, 0.15) is 30.8 Å². The summed E-state index contributed by atoms with van der Waals surface area (Å²) in [7, 11) is 0. The number of hydrogen-bond acceptors (Lipinski definition) is 3. The van der Waals surface area contributed by atoms with Gasteiger partial charge < -0.3 is 0 Å². The summed E-state index contributed by atoms with van der Waals surface area (Å²) in [5, 5.41) is 8.46. The SMILES string of the molecule is CCn1ncc(-c2cc(C(F)(F)F)c3c(C)nn(CC)c3n2)c1C. The zero-order valence-corrected chi connectivity index (χ0v) is 13.9. The van der Waals surface area contributed by atoms with E-state index >= 15 is 0 Å². The zero-order chi connectivity index (χ0) is 17.6. The number of fused-ring (bicyclic) bond motifs is 1. The summed E-state index contributed by atoms with van der Waals surface area (Å²) in [6.45, 7) is 8.25. The minimum absolute atomic E-state index is 0.0636. The molecule has 3 heterocycles. The van der Waals surface area contributed by atoms with E-state index in [4.69, 9.17) is 0 Å². The van der Waals surface area contributed by atoms with Gasteiger partial charge in [-0.2, -0.15) is 23.4 Å². The molecule has 128 valence electrons. The highest BCUT2D eigenvalue weighted by Gasteiger charge is 2.35. The molecule has 0 amide bonds. The Kier molecular flexibility index (Phi) is 3.85. The van der Waals surface area contributed by atoms with Crippen molar-refractivity contribution in [2.45, 2.75) is 47.0 Å². The molecule has 0 N–H and O–H groups in total. The fraction of sp³-hybridized carbons (Fsp3) is 0.438. The largest absolute Gasteiger partial charge is 0.417 e. The number of pyridine rings is 1. The van der Waals surface area contributed by atoms with Crippen LogP contribution in [0.4, 0.5) is 13.2 Å². The molecule has 0 atom stereocenters. The van der Waals surface area contributed by atoms with E-state index in [-0.39, 0.29) is 16.7 Å². The van der Waals surface area contributed by atoms with Crippen molar-refractivity contribution in [2.75, 3.05) is 0 Å². The summed E-state index contributed by atoms with van der Waals surface area (Å²) in [5.74, 6) is 0. The number of aryl methyl sites for hydroxylation is 3. The molecule has 0 aliphatic rings. The molecule has 3 rings (SSSR count). The van der Waals surface area contributed by atoms with E-state index < -0.39 is 11.7 Å². The van der Waals surface area contributed by atoms with Gasteiger partial charge in [0.2, 0.25) is 0 Å². The van der Waals surface area contributed by atoms with E-state index in [1.54, 1.807) is 17.8 Å². The molecule has 8 heteroatoms. The first kappa shape index (κ1) is 16.5. The van der Waals surface area contributed by atoms with Crippen LogP contribution in [0.25, 0.3) is 22.3 Å². The Bertz CT molecular complexity index is 905. The van der Waals surface area contributed by atoms with Gasteiger partial charge in [-0.25, -0.2) is 9.67 Å². The molecule has 0 aliphatic carbocycles. The smallest absolute Gasteiger partial charge is 0.269 e. The number of aromatic nitrogens is 5. The first-order valence-corrected chi connectivity index (χ1v) is 7.76. The Morgan fingerprint density at radius 2 is 1.75 bits per heavy atom. The van der Waals surface area contributed by atoms with E-state index in [9.17, 15) is 13.2 Å². The van der Waals surface area contributed by atoms with Crippen molar-refractivity contribution >= 4 is 11.0 Å². The van der Waals surface area contributed by atoms with Gasteiger partial charge in [0.1, 0.15) is 0 Å². The predicted octanol–water partition coefficient (Wildman–Crippen LogP) is 3.97. The second-order valence-electron chi connectivity index (χ2n) is 5.61. The average molecular weight is 337 g/mol. The van der Waals surface area contributed by atoms with Crippen LogP contribution in [-0.2, 0) is 19.3 Å². The Morgan fingerprint density at radius 3 is 2.29 bits per heavy atom. The summed E-state index contributed by atoms with van der Waals surface area (Å²) in [4.78, 5) is 4.47. The summed E-state index contributed by atoms with van der Waals surface area (Å²) >= 11 is 0. The summed E-state index contributed by atoms with van der Waals surface area (Å²) in [6, 6.07) is 1.10. The van der Waals surface area contributed by atoms with E-state index in [2.05, 4.69) is 15.2 Å². The Hall–Kier alpha value is -2.38. The first-order valence-electron chi connectivity index (χ1n) is 7.76. The number of hydrogen-bond donors (Lipinski definition) is 0. The maximum Gasteiger partial charge on any atom is 0.417 e. The van der Waals surface area contributed by atoms with Gasteiger partial charge in [-0.15, -0.1) is 0 Å². The van der Waals surface area contributed by atoms with Gasteiger partial charge in [0.15, 0.2) is 5.65 Å². The molecule has 0 saturated carbocycles. The van der Waals surface area contributed by atoms with Crippen molar-refractivity contribution < 1.29 is 13.2 Å². The molecule has 0 saturated heterocycles. The monoisotopic (exact) mass is 337 g/mol. The Labute approximate surface area is 137 Å². The molecule has 0 radical (unpaired) electrons. The molecule has 5 nitrogen and oxygen atoms in total. The molecule has 0 unspecified atom stereocenters. The molecule has 0 aliphatic heterocycles.